The predicted molar refractivity (Wildman–Crippen MR) is 65.8 cm³/mol. The van der Waals surface area contributed by atoms with Crippen LogP contribution < -0.4 is 10.6 Å². The Kier molecular flexibility index (Phi) is 3.09. The summed E-state index contributed by atoms with van der Waals surface area (Å²) in [6.45, 7) is 3.82. The number of piperidine rings is 1. The molecule has 2 aliphatic heterocycles. The van der Waals surface area contributed by atoms with Gasteiger partial charge in [0.1, 0.15) is 0 Å². The zero-order valence-electron chi connectivity index (χ0n) is 9.98. The van der Waals surface area contributed by atoms with Crippen LogP contribution in [0.3, 0.4) is 0 Å². The Balaban J connectivity index is 1.89. The molecular weight excluding hydrogens is 214 g/mol. The quantitative estimate of drug-likeness (QED) is 0.755. The number of hydrogen-bond acceptors (Lipinski definition) is 4. The molecule has 4 heteroatoms. The maximum atomic E-state index is 6.14. The van der Waals surface area contributed by atoms with Crippen LogP contribution in [0.1, 0.15) is 24.4 Å². The average molecular weight is 233 g/mol. The lowest BCUT2D eigenvalue weighted by Crippen LogP contribution is -2.56. The largest absolute Gasteiger partial charge is 0.372 e. The third-order valence-corrected chi connectivity index (χ3v) is 3.83. The lowest BCUT2D eigenvalue weighted by Gasteiger charge is -2.47. The molecule has 4 nitrogen and oxygen atoms in total. The molecule has 1 unspecified atom stereocenters. The van der Waals surface area contributed by atoms with Gasteiger partial charge in [0.15, 0.2) is 0 Å². The van der Waals surface area contributed by atoms with Crippen molar-refractivity contribution in [1.29, 1.82) is 0 Å². The number of ether oxygens (including phenoxy) is 1. The minimum Gasteiger partial charge on any atom is -0.372 e. The lowest BCUT2D eigenvalue weighted by molar-refractivity contribution is -0.115. The second-order valence-electron chi connectivity index (χ2n) is 4.84. The number of rotatable bonds is 1. The summed E-state index contributed by atoms with van der Waals surface area (Å²) >= 11 is 0. The van der Waals surface area contributed by atoms with E-state index in [0.29, 0.717) is 0 Å². The molecule has 17 heavy (non-hydrogen) atoms. The van der Waals surface area contributed by atoms with Crippen molar-refractivity contribution < 1.29 is 4.74 Å². The third-order valence-electron chi connectivity index (χ3n) is 3.83. The number of nitrogens with zero attached hydrogens (tertiary/aromatic N) is 1. The smallest absolute Gasteiger partial charge is 0.0901 e. The number of nitrogens with one attached hydrogen (secondary N) is 2. The second kappa shape index (κ2) is 4.72. The molecule has 1 spiro atoms. The molecular formula is C13H19N3O. The van der Waals surface area contributed by atoms with Gasteiger partial charge in [0.05, 0.1) is 18.2 Å². The van der Waals surface area contributed by atoms with Crippen LogP contribution in [0.5, 0.6) is 0 Å². The zero-order valence-corrected chi connectivity index (χ0v) is 9.98. The molecule has 92 valence electrons. The number of aromatic nitrogens is 1. The fourth-order valence-corrected chi connectivity index (χ4v) is 2.98. The van der Waals surface area contributed by atoms with Gasteiger partial charge in [0.2, 0.25) is 0 Å². The van der Waals surface area contributed by atoms with Crippen LogP contribution in [0, 0.1) is 0 Å². The molecule has 2 saturated heterocycles. The summed E-state index contributed by atoms with van der Waals surface area (Å²) < 4.78 is 6.14. The van der Waals surface area contributed by atoms with Gasteiger partial charge in [-0.3, -0.25) is 4.98 Å². The molecule has 2 aliphatic rings. The number of pyridine rings is 1. The number of hydrogen-bond donors (Lipinski definition) is 2. The highest BCUT2D eigenvalue weighted by Crippen LogP contribution is 2.38. The first-order valence-corrected chi connectivity index (χ1v) is 6.39. The minimum atomic E-state index is -0.0352. The van der Waals surface area contributed by atoms with Crippen LogP contribution in [-0.4, -0.2) is 36.8 Å². The Labute approximate surface area is 102 Å². The monoisotopic (exact) mass is 233 g/mol. The minimum absolute atomic E-state index is 0.0352. The van der Waals surface area contributed by atoms with E-state index in [2.05, 4.69) is 21.7 Å². The predicted octanol–water partition coefficient (Wildman–Crippen LogP) is 0.865. The SMILES string of the molecule is c1cncc(C2NCCOC23CCNCC3)c1. The third kappa shape index (κ3) is 2.08. The Morgan fingerprint density at radius 3 is 2.94 bits per heavy atom. The highest BCUT2D eigenvalue weighted by atomic mass is 16.5. The molecule has 1 atom stereocenters. The van der Waals surface area contributed by atoms with Crippen LogP contribution >= 0.6 is 0 Å². The Morgan fingerprint density at radius 2 is 2.18 bits per heavy atom. The fourth-order valence-electron chi connectivity index (χ4n) is 2.98. The van der Waals surface area contributed by atoms with Gasteiger partial charge in [-0.2, -0.15) is 0 Å². The first-order valence-electron chi connectivity index (χ1n) is 6.39. The van der Waals surface area contributed by atoms with Gasteiger partial charge in [-0.1, -0.05) is 6.07 Å². The van der Waals surface area contributed by atoms with Gasteiger partial charge < -0.3 is 15.4 Å². The fraction of sp³-hybridized carbons (Fsp3) is 0.615. The normalized spacial score (nSPS) is 28.1. The van der Waals surface area contributed by atoms with Crippen molar-refractivity contribution in [2.75, 3.05) is 26.2 Å². The molecule has 0 bridgehead atoms. The molecule has 0 amide bonds. The molecule has 3 rings (SSSR count). The Bertz CT molecular complexity index is 354. The summed E-state index contributed by atoms with van der Waals surface area (Å²) in [7, 11) is 0. The maximum Gasteiger partial charge on any atom is 0.0901 e. The van der Waals surface area contributed by atoms with Gasteiger partial charge in [-0.25, -0.2) is 0 Å². The average Bonchev–Trinajstić information content (AvgIpc) is 2.41. The van der Waals surface area contributed by atoms with E-state index in [1.54, 1.807) is 0 Å². The first kappa shape index (κ1) is 11.1. The molecule has 1 aromatic rings. The van der Waals surface area contributed by atoms with Gasteiger partial charge in [0.25, 0.3) is 0 Å². The molecule has 2 fully saturated rings. The van der Waals surface area contributed by atoms with Crippen LogP contribution in [0.15, 0.2) is 24.5 Å². The highest BCUT2D eigenvalue weighted by molar-refractivity contribution is 5.20. The van der Waals surface area contributed by atoms with Crippen molar-refractivity contribution in [2.24, 2.45) is 0 Å². The van der Waals surface area contributed by atoms with E-state index in [0.717, 1.165) is 39.1 Å². The van der Waals surface area contributed by atoms with Crippen molar-refractivity contribution in [2.45, 2.75) is 24.5 Å². The molecule has 1 aromatic heterocycles. The molecule has 0 aliphatic carbocycles. The standard InChI is InChI=1S/C13H19N3O/c1-2-11(10-15-5-1)12-13(17-9-8-16-12)3-6-14-7-4-13/h1-2,5,10,12,14,16H,3-4,6-9H2. The Morgan fingerprint density at radius 1 is 1.29 bits per heavy atom. The van der Waals surface area contributed by atoms with Crippen LogP contribution in [0.25, 0.3) is 0 Å². The topological polar surface area (TPSA) is 46.2 Å². The van der Waals surface area contributed by atoms with Crippen LogP contribution in [0.2, 0.25) is 0 Å². The van der Waals surface area contributed by atoms with E-state index in [9.17, 15) is 0 Å². The maximum absolute atomic E-state index is 6.14. The van der Waals surface area contributed by atoms with E-state index in [1.807, 2.05) is 18.5 Å². The summed E-state index contributed by atoms with van der Waals surface area (Å²) in [6.07, 6.45) is 5.91. The Hall–Kier alpha value is -0.970. The van der Waals surface area contributed by atoms with Crippen LogP contribution in [0.4, 0.5) is 0 Å². The summed E-state index contributed by atoms with van der Waals surface area (Å²) in [4.78, 5) is 4.23. The summed E-state index contributed by atoms with van der Waals surface area (Å²) in [5.74, 6) is 0. The summed E-state index contributed by atoms with van der Waals surface area (Å²) in [5, 5.41) is 7.01. The van der Waals surface area contributed by atoms with Gasteiger partial charge >= 0.3 is 0 Å². The van der Waals surface area contributed by atoms with E-state index in [-0.39, 0.29) is 11.6 Å². The van der Waals surface area contributed by atoms with Crippen molar-refractivity contribution in [3.63, 3.8) is 0 Å². The highest BCUT2D eigenvalue weighted by Gasteiger charge is 2.43. The first-order chi connectivity index (χ1) is 8.41. The molecule has 0 saturated carbocycles. The van der Waals surface area contributed by atoms with Crippen LogP contribution in [-0.2, 0) is 4.74 Å². The summed E-state index contributed by atoms with van der Waals surface area (Å²) in [6, 6.07) is 4.43. The molecule has 0 radical (unpaired) electrons. The van der Waals surface area contributed by atoms with Gasteiger partial charge in [-0.15, -0.1) is 0 Å². The lowest BCUT2D eigenvalue weighted by atomic mass is 9.80. The molecule has 2 N–H and O–H groups in total. The van der Waals surface area contributed by atoms with E-state index < -0.39 is 0 Å². The zero-order chi connectivity index (χ0) is 11.6. The second-order valence-corrected chi connectivity index (χ2v) is 4.84. The number of morpholine rings is 1. The molecule has 0 aromatic carbocycles. The molecule has 3 heterocycles. The van der Waals surface area contributed by atoms with Gasteiger partial charge in [0, 0.05) is 18.9 Å². The van der Waals surface area contributed by atoms with E-state index in [4.69, 9.17) is 4.74 Å². The summed E-state index contributed by atoms with van der Waals surface area (Å²) in [5.41, 5.74) is 1.21. The van der Waals surface area contributed by atoms with E-state index in [1.165, 1.54) is 5.56 Å². The van der Waals surface area contributed by atoms with Crippen molar-refractivity contribution in [3.8, 4) is 0 Å². The van der Waals surface area contributed by atoms with Gasteiger partial charge in [-0.05, 0) is 37.6 Å². The van der Waals surface area contributed by atoms with Crippen molar-refractivity contribution >= 4 is 0 Å². The van der Waals surface area contributed by atoms with Crippen molar-refractivity contribution in [1.82, 2.24) is 15.6 Å². The van der Waals surface area contributed by atoms with E-state index >= 15 is 0 Å². The van der Waals surface area contributed by atoms with Crippen molar-refractivity contribution in [3.05, 3.63) is 30.1 Å².